The molecule has 0 atom stereocenters. The monoisotopic (exact) mass is 154 g/mol. The van der Waals surface area contributed by atoms with Crippen LogP contribution in [0.5, 0.6) is 0 Å². The van der Waals surface area contributed by atoms with Crippen LogP contribution in [0.3, 0.4) is 0 Å². The van der Waals surface area contributed by atoms with E-state index in [1.165, 1.54) is 0 Å². The van der Waals surface area contributed by atoms with Crippen molar-refractivity contribution in [1.82, 2.24) is 0 Å². The molecule has 0 aromatic rings. The van der Waals surface area contributed by atoms with Crippen molar-refractivity contribution in [2.75, 3.05) is 5.94 Å². The molecule has 0 spiro atoms. The first-order chi connectivity index (χ1) is 2.56. The van der Waals surface area contributed by atoms with E-state index in [1.54, 1.807) is 0 Å². The third-order valence-electron chi connectivity index (χ3n) is 0.163. The van der Waals surface area contributed by atoms with E-state index >= 15 is 0 Å². The summed E-state index contributed by atoms with van der Waals surface area (Å²) in [7, 11) is -4.11. The molecular weight excluding hydrogens is 148 g/mol. The van der Waals surface area contributed by atoms with Crippen LogP contribution in [-0.4, -0.2) is 61.8 Å². The van der Waals surface area contributed by atoms with Gasteiger partial charge in [0, 0.05) is 0 Å². The van der Waals surface area contributed by atoms with Crippen LogP contribution in [0, 0.1) is 0 Å². The molecule has 0 aromatic carbocycles. The Kier molecular flexibility index (Phi) is 6.37. The second kappa shape index (κ2) is 4.05. The zero-order valence-corrected chi connectivity index (χ0v) is 3.64. The van der Waals surface area contributed by atoms with E-state index in [9.17, 15) is 8.42 Å². The summed E-state index contributed by atoms with van der Waals surface area (Å²) in [4.78, 5) is 0. The van der Waals surface area contributed by atoms with Crippen LogP contribution in [0.25, 0.3) is 0 Å². The molecule has 0 aliphatic carbocycles. The minimum atomic E-state index is -4.11. The fourth-order valence-corrected chi connectivity index (χ4v) is 0. The summed E-state index contributed by atoms with van der Waals surface area (Å²) >= 11 is 0. The summed E-state index contributed by atoms with van der Waals surface area (Å²) in [6.07, 6.45) is 0. The van der Waals surface area contributed by atoms with Gasteiger partial charge in [0.05, 0.1) is 0 Å². The van der Waals surface area contributed by atoms with Gasteiger partial charge in [0.2, 0.25) is 0 Å². The van der Waals surface area contributed by atoms with Gasteiger partial charge in [-0.2, -0.15) is 8.42 Å². The van der Waals surface area contributed by atoms with Gasteiger partial charge in [0.25, 0.3) is 10.1 Å². The summed E-state index contributed by atoms with van der Waals surface area (Å²) < 4.78 is 26.2. The van der Waals surface area contributed by atoms with Crippen molar-refractivity contribution >= 4 is 47.9 Å². The van der Waals surface area contributed by atoms with Crippen LogP contribution < -0.4 is 0 Å². The number of rotatable bonds is 1. The van der Waals surface area contributed by atoms with Gasteiger partial charge in [-0.1, -0.05) is 0 Å². The van der Waals surface area contributed by atoms with E-state index in [-0.39, 0.29) is 37.7 Å². The Bertz CT molecular complexity index is 114. The van der Waals surface area contributed by atoms with Gasteiger partial charge in [-0.05, 0) is 0 Å². The molecule has 0 amide bonds. The summed E-state index contributed by atoms with van der Waals surface area (Å²) in [5, 5.41) is 7.56. The predicted molar refractivity (Wildman–Crippen MR) is 27.2 cm³/mol. The normalized spacial score (nSPS) is 10.0. The first-order valence-corrected chi connectivity index (χ1v) is 2.73. The molecule has 7 heavy (non-hydrogen) atoms. The Hall–Kier alpha value is 1.13. The van der Waals surface area contributed by atoms with E-state index in [0.717, 1.165) is 0 Å². The summed E-state index contributed by atoms with van der Waals surface area (Å²) in [5.41, 5.74) is 0. The maximum absolute atomic E-state index is 9.31. The molecule has 0 aliphatic rings. The SMILES string of the molecule is O=S(=O)(O)CO.[CaH2]. The van der Waals surface area contributed by atoms with Crippen molar-refractivity contribution in [2.45, 2.75) is 0 Å². The molecule has 0 fully saturated rings. The van der Waals surface area contributed by atoms with Crippen molar-refractivity contribution in [3.63, 3.8) is 0 Å². The van der Waals surface area contributed by atoms with Crippen LogP contribution in [-0.2, 0) is 10.1 Å². The zero-order chi connectivity index (χ0) is 5.21. The second-order valence-corrected chi connectivity index (χ2v) is 2.13. The molecule has 0 heterocycles. The summed E-state index contributed by atoms with van der Waals surface area (Å²) in [5.74, 6) is -1.20. The molecule has 6 heteroatoms. The van der Waals surface area contributed by atoms with Gasteiger partial charge in [-0.3, -0.25) is 4.55 Å². The summed E-state index contributed by atoms with van der Waals surface area (Å²) in [6, 6.07) is 0. The third kappa shape index (κ3) is 11.0. The molecule has 0 rings (SSSR count). The maximum atomic E-state index is 9.31. The Morgan fingerprint density at radius 3 is 1.57 bits per heavy atom. The first-order valence-electron chi connectivity index (χ1n) is 1.12. The van der Waals surface area contributed by atoms with Gasteiger partial charge in [-0.25, -0.2) is 0 Å². The van der Waals surface area contributed by atoms with E-state index in [0.29, 0.717) is 0 Å². The average Bonchev–Trinajstić information content (AvgIpc) is 1.35. The molecular formula is CH6CaO4S. The molecule has 42 valence electrons. The van der Waals surface area contributed by atoms with E-state index in [2.05, 4.69) is 0 Å². The molecule has 0 aliphatic heterocycles. The van der Waals surface area contributed by atoms with Crippen molar-refractivity contribution in [1.29, 1.82) is 0 Å². The Morgan fingerprint density at radius 1 is 1.43 bits per heavy atom. The Balaban J connectivity index is 0. The van der Waals surface area contributed by atoms with Gasteiger partial charge < -0.3 is 5.11 Å². The molecule has 0 aromatic heterocycles. The molecule has 0 saturated heterocycles. The standard InChI is InChI=1S/CH4O4S.Ca.2H/c2-1-6(3,4)5;;;/h2H,1H2,(H,3,4,5);;;. The van der Waals surface area contributed by atoms with Crippen molar-refractivity contribution in [3.05, 3.63) is 0 Å². The number of hydrogen-bond donors (Lipinski definition) is 2. The average molecular weight is 154 g/mol. The van der Waals surface area contributed by atoms with Gasteiger partial charge in [-0.15, -0.1) is 0 Å². The van der Waals surface area contributed by atoms with Gasteiger partial charge in [0.1, 0.15) is 0 Å². The Morgan fingerprint density at radius 2 is 1.57 bits per heavy atom. The van der Waals surface area contributed by atoms with Crippen LogP contribution in [0.2, 0.25) is 0 Å². The van der Waals surface area contributed by atoms with Crippen LogP contribution in [0.1, 0.15) is 0 Å². The number of aliphatic hydroxyl groups excluding tert-OH is 1. The van der Waals surface area contributed by atoms with Crippen LogP contribution in [0.15, 0.2) is 0 Å². The Labute approximate surface area is 71.3 Å². The quantitative estimate of drug-likeness (QED) is 0.335. The van der Waals surface area contributed by atoms with Gasteiger partial charge >= 0.3 is 37.7 Å². The number of hydrogen-bond acceptors (Lipinski definition) is 3. The molecule has 0 unspecified atom stereocenters. The number of aliphatic hydroxyl groups is 1. The van der Waals surface area contributed by atoms with Crippen molar-refractivity contribution in [3.8, 4) is 0 Å². The van der Waals surface area contributed by atoms with Crippen LogP contribution in [0.4, 0.5) is 0 Å². The predicted octanol–water partition coefficient (Wildman–Crippen LogP) is -2.09. The minimum absolute atomic E-state index is 0. The van der Waals surface area contributed by atoms with E-state index < -0.39 is 16.1 Å². The molecule has 0 saturated carbocycles. The van der Waals surface area contributed by atoms with E-state index in [1.807, 2.05) is 0 Å². The molecule has 2 N–H and O–H groups in total. The first kappa shape index (κ1) is 11.0. The van der Waals surface area contributed by atoms with Crippen molar-refractivity contribution < 1.29 is 18.1 Å². The molecule has 0 radical (unpaired) electrons. The van der Waals surface area contributed by atoms with Gasteiger partial charge in [0.15, 0.2) is 5.94 Å². The van der Waals surface area contributed by atoms with Crippen molar-refractivity contribution in [2.24, 2.45) is 0 Å². The van der Waals surface area contributed by atoms with E-state index in [4.69, 9.17) is 9.66 Å². The molecule has 0 bridgehead atoms. The fraction of sp³-hybridized carbons (Fsp3) is 1.00. The molecule has 4 nitrogen and oxygen atoms in total. The second-order valence-electron chi connectivity index (χ2n) is 0.711. The topological polar surface area (TPSA) is 74.6 Å². The van der Waals surface area contributed by atoms with Crippen LogP contribution >= 0.6 is 0 Å². The summed E-state index contributed by atoms with van der Waals surface area (Å²) in [6.45, 7) is 0. The zero-order valence-electron chi connectivity index (χ0n) is 2.83. The fourth-order valence-electron chi connectivity index (χ4n) is 0. The third-order valence-corrected chi connectivity index (χ3v) is 0.489.